The molecule has 0 aromatic heterocycles. The predicted octanol–water partition coefficient (Wildman–Crippen LogP) is 3.52. The number of carbonyl (C=O) groups is 1. The van der Waals surface area contributed by atoms with E-state index in [2.05, 4.69) is 5.32 Å². The molecule has 6 heteroatoms. The molecule has 0 unspecified atom stereocenters. The molecule has 3 rings (SSSR count). The maximum Gasteiger partial charge on any atom is 0.246 e. The van der Waals surface area contributed by atoms with Gasteiger partial charge in [-0.05, 0) is 24.3 Å². The zero-order valence-corrected chi connectivity index (χ0v) is 12.5. The second kappa shape index (κ2) is 6.36. The number of para-hydroxylation sites is 1. The van der Waals surface area contributed by atoms with Gasteiger partial charge in [0.15, 0.2) is 0 Å². The fourth-order valence-electron chi connectivity index (χ4n) is 2.36. The normalized spacial score (nSPS) is 13.6. The standard InChI is InChI=1S/C16H14F2N2OS/c17-11-7-12(18)9-13(8-11)19-10-16(21)20-5-6-22-15-4-2-1-3-14(15)20/h1-4,7-9,19H,5-6,10H2. The Morgan fingerprint density at radius 2 is 1.91 bits per heavy atom. The van der Waals surface area contributed by atoms with E-state index in [0.29, 0.717) is 6.54 Å². The first-order chi connectivity index (χ1) is 10.6. The van der Waals surface area contributed by atoms with Gasteiger partial charge in [0.2, 0.25) is 5.91 Å². The van der Waals surface area contributed by atoms with Crippen LogP contribution in [0, 0.1) is 11.6 Å². The molecule has 1 aliphatic rings. The van der Waals surface area contributed by atoms with Gasteiger partial charge < -0.3 is 10.2 Å². The lowest BCUT2D eigenvalue weighted by Crippen LogP contribution is -2.39. The number of rotatable bonds is 3. The molecule has 0 fully saturated rings. The molecule has 0 atom stereocenters. The maximum atomic E-state index is 13.1. The van der Waals surface area contributed by atoms with E-state index in [-0.39, 0.29) is 18.1 Å². The van der Waals surface area contributed by atoms with Crippen LogP contribution in [0.2, 0.25) is 0 Å². The van der Waals surface area contributed by atoms with Gasteiger partial charge in [-0.3, -0.25) is 4.79 Å². The van der Waals surface area contributed by atoms with Gasteiger partial charge in [-0.25, -0.2) is 8.78 Å². The van der Waals surface area contributed by atoms with Gasteiger partial charge in [0.05, 0.1) is 12.2 Å². The van der Waals surface area contributed by atoms with Crippen LogP contribution in [0.3, 0.4) is 0 Å². The topological polar surface area (TPSA) is 32.3 Å². The van der Waals surface area contributed by atoms with Gasteiger partial charge in [0, 0.05) is 28.9 Å². The highest BCUT2D eigenvalue weighted by Gasteiger charge is 2.22. The molecule has 0 saturated carbocycles. The van der Waals surface area contributed by atoms with E-state index >= 15 is 0 Å². The minimum atomic E-state index is -0.672. The summed E-state index contributed by atoms with van der Waals surface area (Å²) in [5.74, 6) is -0.640. The van der Waals surface area contributed by atoms with Crippen LogP contribution in [-0.4, -0.2) is 24.7 Å². The second-order valence-corrected chi connectivity index (χ2v) is 6.01. The van der Waals surface area contributed by atoms with Crippen molar-refractivity contribution in [3.05, 3.63) is 54.1 Å². The lowest BCUT2D eigenvalue weighted by molar-refractivity contribution is -0.117. The third kappa shape index (κ3) is 3.22. The molecule has 0 aliphatic carbocycles. The van der Waals surface area contributed by atoms with Crippen molar-refractivity contribution < 1.29 is 13.6 Å². The van der Waals surface area contributed by atoms with Crippen molar-refractivity contribution in [2.75, 3.05) is 29.1 Å². The molecular formula is C16H14F2N2OS. The Morgan fingerprint density at radius 1 is 1.18 bits per heavy atom. The number of halogens is 2. The second-order valence-electron chi connectivity index (χ2n) is 4.87. The van der Waals surface area contributed by atoms with Crippen LogP contribution in [0.1, 0.15) is 0 Å². The first-order valence-corrected chi connectivity index (χ1v) is 7.84. The summed E-state index contributed by atoms with van der Waals surface area (Å²) in [4.78, 5) is 15.1. The lowest BCUT2D eigenvalue weighted by atomic mass is 10.2. The first-order valence-electron chi connectivity index (χ1n) is 6.85. The van der Waals surface area contributed by atoms with Crippen molar-refractivity contribution in [1.82, 2.24) is 0 Å². The Morgan fingerprint density at radius 3 is 2.68 bits per heavy atom. The van der Waals surface area contributed by atoms with E-state index in [9.17, 15) is 13.6 Å². The van der Waals surface area contributed by atoms with Gasteiger partial charge in [-0.1, -0.05) is 12.1 Å². The quantitative estimate of drug-likeness (QED) is 0.939. The number of fused-ring (bicyclic) bond motifs is 1. The van der Waals surface area contributed by atoms with Crippen molar-refractivity contribution in [1.29, 1.82) is 0 Å². The summed E-state index contributed by atoms with van der Waals surface area (Å²) in [7, 11) is 0. The largest absolute Gasteiger partial charge is 0.376 e. The summed E-state index contributed by atoms with van der Waals surface area (Å²) in [6.45, 7) is 0.613. The Balaban J connectivity index is 1.70. The number of nitrogens with one attached hydrogen (secondary N) is 1. The highest BCUT2D eigenvalue weighted by Crippen LogP contribution is 2.34. The number of carbonyl (C=O) groups excluding carboxylic acids is 1. The molecule has 1 N–H and O–H groups in total. The Bertz CT molecular complexity index is 688. The van der Waals surface area contributed by atoms with Gasteiger partial charge in [-0.2, -0.15) is 0 Å². The number of amides is 1. The molecule has 2 aromatic rings. The van der Waals surface area contributed by atoms with Crippen LogP contribution in [-0.2, 0) is 4.79 Å². The summed E-state index contributed by atoms with van der Waals surface area (Å²) in [5.41, 5.74) is 1.14. The minimum Gasteiger partial charge on any atom is -0.376 e. The number of nitrogens with zero attached hydrogens (tertiary/aromatic N) is 1. The molecule has 1 amide bonds. The lowest BCUT2D eigenvalue weighted by Gasteiger charge is -2.29. The third-order valence-electron chi connectivity index (χ3n) is 3.34. The Kier molecular flexibility index (Phi) is 4.29. The first kappa shape index (κ1) is 14.8. The van der Waals surface area contributed by atoms with Gasteiger partial charge in [0.1, 0.15) is 11.6 Å². The zero-order chi connectivity index (χ0) is 15.5. The van der Waals surface area contributed by atoms with Gasteiger partial charge in [-0.15, -0.1) is 11.8 Å². The summed E-state index contributed by atoms with van der Waals surface area (Å²) in [6, 6.07) is 10.8. The molecule has 2 aromatic carbocycles. The summed E-state index contributed by atoms with van der Waals surface area (Å²) >= 11 is 1.71. The zero-order valence-electron chi connectivity index (χ0n) is 11.7. The van der Waals surface area contributed by atoms with Crippen LogP contribution >= 0.6 is 11.8 Å². The number of thioether (sulfide) groups is 1. The highest BCUT2D eigenvalue weighted by molar-refractivity contribution is 7.99. The molecule has 0 bridgehead atoms. The fourth-order valence-corrected chi connectivity index (χ4v) is 3.35. The Hall–Kier alpha value is -2.08. The monoisotopic (exact) mass is 320 g/mol. The van der Waals surface area contributed by atoms with E-state index in [0.717, 1.165) is 34.5 Å². The SMILES string of the molecule is O=C(CNc1cc(F)cc(F)c1)N1CCSc2ccccc21. The number of hydrogen-bond acceptors (Lipinski definition) is 3. The minimum absolute atomic E-state index is 0.0120. The average molecular weight is 320 g/mol. The molecule has 1 heterocycles. The molecule has 1 aliphatic heterocycles. The Labute approximate surface area is 131 Å². The molecule has 0 saturated heterocycles. The van der Waals surface area contributed by atoms with Crippen molar-refractivity contribution >= 4 is 29.0 Å². The number of anilines is 2. The molecule has 22 heavy (non-hydrogen) atoms. The number of benzene rings is 2. The van der Waals surface area contributed by atoms with Crippen LogP contribution in [0.25, 0.3) is 0 Å². The van der Waals surface area contributed by atoms with Crippen molar-refractivity contribution in [3.63, 3.8) is 0 Å². The van der Waals surface area contributed by atoms with Crippen LogP contribution in [0.4, 0.5) is 20.2 Å². The number of hydrogen-bond donors (Lipinski definition) is 1. The predicted molar refractivity (Wildman–Crippen MR) is 84.4 cm³/mol. The summed E-state index contributed by atoms with van der Waals surface area (Å²) in [5, 5.41) is 2.78. The van der Waals surface area contributed by atoms with E-state index in [1.165, 1.54) is 0 Å². The maximum absolute atomic E-state index is 13.1. The smallest absolute Gasteiger partial charge is 0.246 e. The fraction of sp³-hybridized carbons (Fsp3) is 0.188. The van der Waals surface area contributed by atoms with E-state index in [1.54, 1.807) is 16.7 Å². The van der Waals surface area contributed by atoms with Crippen LogP contribution < -0.4 is 10.2 Å². The van der Waals surface area contributed by atoms with Crippen LogP contribution in [0.15, 0.2) is 47.4 Å². The van der Waals surface area contributed by atoms with Gasteiger partial charge in [0.25, 0.3) is 0 Å². The molecule has 3 nitrogen and oxygen atoms in total. The molecule has 0 spiro atoms. The van der Waals surface area contributed by atoms with Crippen molar-refractivity contribution in [2.24, 2.45) is 0 Å². The average Bonchev–Trinajstić information content (AvgIpc) is 2.51. The molecule has 114 valence electrons. The van der Waals surface area contributed by atoms with Gasteiger partial charge >= 0.3 is 0 Å². The summed E-state index contributed by atoms with van der Waals surface area (Å²) < 4.78 is 26.3. The van der Waals surface area contributed by atoms with E-state index in [1.807, 2.05) is 24.3 Å². The van der Waals surface area contributed by atoms with E-state index < -0.39 is 11.6 Å². The van der Waals surface area contributed by atoms with Crippen LogP contribution in [0.5, 0.6) is 0 Å². The molecule has 0 radical (unpaired) electrons. The molecular weight excluding hydrogens is 306 g/mol. The van der Waals surface area contributed by atoms with Crippen molar-refractivity contribution in [3.8, 4) is 0 Å². The highest BCUT2D eigenvalue weighted by atomic mass is 32.2. The summed E-state index contributed by atoms with van der Waals surface area (Å²) in [6.07, 6.45) is 0. The third-order valence-corrected chi connectivity index (χ3v) is 4.38. The van der Waals surface area contributed by atoms with Crippen molar-refractivity contribution in [2.45, 2.75) is 4.90 Å². The van der Waals surface area contributed by atoms with E-state index in [4.69, 9.17) is 0 Å².